The van der Waals surface area contributed by atoms with Gasteiger partial charge in [0, 0.05) is 43.8 Å². The highest BCUT2D eigenvalue weighted by atomic mass is 15.2. The van der Waals surface area contributed by atoms with Gasteiger partial charge in [-0.15, -0.1) is 6.42 Å². The Morgan fingerprint density at radius 1 is 0.975 bits per heavy atom. The van der Waals surface area contributed by atoms with Crippen LogP contribution < -0.4 is 11.1 Å². The third-order valence-electron chi connectivity index (χ3n) is 7.03. The maximum absolute atomic E-state index is 9.03. The van der Waals surface area contributed by atoms with Crippen LogP contribution in [0.5, 0.6) is 0 Å². The number of nitrogens with zero attached hydrogens (tertiary/aromatic N) is 8. The van der Waals surface area contributed by atoms with Gasteiger partial charge >= 0.3 is 0 Å². The maximum Gasteiger partial charge on any atom is 0.234 e. The second-order valence-corrected chi connectivity index (χ2v) is 9.63. The molecule has 40 heavy (non-hydrogen) atoms. The number of imidazole rings is 1. The molecule has 196 valence electrons. The molecule has 0 atom stereocenters. The summed E-state index contributed by atoms with van der Waals surface area (Å²) in [5.74, 6) is 4.55. The maximum atomic E-state index is 9.03. The van der Waals surface area contributed by atoms with Gasteiger partial charge in [0.1, 0.15) is 28.9 Å². The minimum atomic E-state index is 0.179. The van der Waals surface area contributed by atoms with Crippen LogP contribution in [0.3, 0.4) is 0 Å². The standard InChI is InChI=1S/C30H26N10/c1-2-21-7-10-25-30(36-21)40(29(37-25)24-4-3-14-34-28(24)32)23-8-5-20(6-9-23)19-39-16-12-22(13-17-39)35-26-11-15-33-27(18-31)38-26/h1,3-11,14-15,22H,12-13,16-17,19H2,(H2,32,34)(H,33,35,38). The second-order valence-electron chi connectivity index (χ2n) is 9.63. The number of benzene rings is 1. The van der Waals surface area contributed by atoms with Crippen molar-refractivity contribution in [2.75, 3.05) is 24.1 Å². The first-order chi connectivity index (χ1) is 19.6. The molecule has 10 nitrogen and oxygen atoms in total. The lowest BCUT2D eigenvalue weighted by Crippen LogP contribution is -2.38. The number of anilines is 2. The van der Waals surface area contributed by atoms with Crippen LogP contribution in [0.25, 0.3) is 28.2 Å². The van der Waals surface area contributed by atoms with E-state index in [9.17, 15) is 0 Å². The molecule has 4 aromatic heterocycles. The van der Waals surface area contributed by atoms with Gasteiger partial charge in [0.25, 0.3) is 0 Å². The van der Waals surface area contributed by atoms with Crippen molar-refractivity contribution in [3.8, 4) is 35.5 Å². The van der Waals surface area contributed by atoms with Crippen molar-refractivity contribution >= 4 is 22.8 Å². The molecule has 10 heteroatoms. The van der Waals surface area contributed by atoms with Crippen LogP contribution >= 0.6 is 0 Å². The van der Waals surface area contributed by atoms with Gasteiger partial charge in [0.15, 0.2) is 11.5 Å². The molecule has 6 rings (SSSR count). The number of piperidine rings is 1. The Labute approximate surface area is 231 Å². The Balaban J connectivity index is 1.19. The van der Waals surface area contributed by atoms with E-state index in [1.54, 1.807) is 24.5 Å². The third-order valence-corrected chi connectivity index (χ3v) is 7.03. The van der Waals surface area contributed by atoms with E-state index < -0.39 is 0 Å². The van der Waals surface area contributed by atoms with E-state index in [0.717, 1.165) is 49.2 Å². The molecule has 0 aliphatic carbocycles. The van der Waals surface area contributed by atoms with Gasteiger partial charge in [-0.2, -0.15) is 5.26 Å². The fraction of sp³-hybridized carbons (Fsp3) is 0.200. The summed E-state index contributed by atoms with van der Waals surface area (Å²) >= 11 is 0. The van der Waals surface area contributed by atoms with E-state index in [1.165, 1.54) is 5.56 Å². The van der Waals surface area contributed by atoms with Crippen LogP contribution in [-0.2, 0) is 6.54 Å². The van der Waals surface area contributed by atoms with Gasteiger partial charge in [0.2, 0.25) is 5.82 Å². The fourth-order valence-corrected chi connectivity index (χ4v) is 5.02. The number of fused-ring (bicyclic) bond motifs is 1. The number of aromatic nitrogens is 6. The number of likely N-dealkylation sites (tertiary alicyclic amines) is 1. The number of terminal acetylenes is 1. The summed E-state index contributed by atoms with van der Waals surface area (Å²) in [5, 5.41) is 12.5. The number of hydrogen-bond acceptors (Lipinski definition) is 9. The number of nitriles is 1. The molecule has 5 heterocycles. The van der Waals surface area contributed by atoms with Crippen molar-refractivity contribution < 1.29 is 0 Å². The SMILES string of the molecule is C#Cc1ccc2nc(-c3cccnc3N)n(-c3ccc(CN4CCC(Nc5ccnc(C#N)n5)CC4)cc3)c2n1. The van der Waals surface area contributed by atoms with Crippen molar-refractivity contribution in [1.82, 2.24) is 34.4 Å². The number of rotatable bonds is 6. The number of pyridine rings is 2. The Hall–Kier alpha value is -5.32. The van der Waals surface area contributed by atoms with Gasteiger partial charge in [-0.1, -0.05) is 18.1 Å². The predicted octanol–water partition coefficient (Wildman–Crippen LogP) is 3.78. The summed E-state index contributed by atoms with van der Waals surface area (Å²) in [6.07, 6.45) is 10.9. The summed E-state index contributed by atoms with van der Waals surface area (Å²) in [6.45, 7) is 2.78. The van der Waals surface area contributed by atoms with Gasteiger partial charge in [-0.3, -0.25) is 9.47 Å². The van der Waals surface area contributed by atoms with E-state index in [1.807, 2.05) is 28.8 Å². The normalized spacial score (nSPS) is 14.1. The average Bonchev–Trinajstić information content (AvgIpc) is 3.37. The quantitative estimate of drug-likeness (QED) is 0.317. The van der Waals surface area contributed by atoms with E-state index in [2.05, 4.69) is 60.3 Å². The lowest BCUT2D eigenvalue weighted by Gasteiger charge is -2.32. The van der Waals surface area contributed by atoms with Crippen molar-refractivity contribution in [1.29, 1.82) is 5.26 Å². The van der Waals surface area contributed by atoms with Gasteiger partial charge in [-0.05, 0) is 60.9 Å². The van der Waals surface area contributed by atoms with Crippen LogP contribution in [-0.4, -0.2) is 53.5 Å². The smallest absolute Gasteiger partial charge is 0.234 e. The van der Waals surface area contributed by atoms with E-state index >= 15 is 0 Å². The fourth-order valence-electron chi connectivity index (χ4n) is 5.02. The second kappa shape index (κ2) is 10.8. The van der Waals surface area contributed by atoms with Crippen molar-refractivity contribution in [3.63, 3.8) is 0 Å². The highest BCUT2D eigenvalue weighted by Crippen LogP contribution is 2.30. The summed E-state index contributed by atoms with van der Waals surface area (Å²) in [5.41, 5.74) is 11.0. The molecule has 1 aromatic carbocycles. The minimum Gasteiger partial charge on any atom is -0.383 e. The summed E-state index contributed by atoms with van der Waals surface area (Å²) < 4.78 is 1.98. The molecule has 1 saturated heterocycles. The molecule has 0 radical (unpaired) electrons. The van der Waals surface area contributed by atoms with Gasteiger partial charge < -0.3 is 11.1 Å². The summed E-state index contributed by atoms with van der Waals surface area (Å²) in [4.78, 5) is 24.4. The Bertz CT molecular complexity index is 1750. The number of nitrogens with two attached hydrogens (primary N) is 1. The Kier molecular flexibility index (Phi) is 6.75. The Morgan fingerprint density at radius 3 is 2.55 bits per heavy atom. The average molecular weight is 527 g/mol. The molecule has 0 spiro atoms. The molecule has 1 aliphatic heterocycles. The molecule has 0 amide bonds. The van der Waals surface area contributed by atoms with Gasteiger partial charge in [-0.25, -0.2) is 24.9 Å². The highest BCUT2D eigenvalue weighted by Gasteiger charge is 2.21. The number of hydrogen-bond donors (Lipinski definition) is 2. The molecule has 0 unspecified atom stereocenters. The van der Waals surface area contributed by atoms with E-state index in [4.69, 9.17) is 22.4 Å². The zero-order valence-electron chi connectivity index (χ0n) is 21.7. The monoisotopic (exact) mass is 526 g/mol. The van der Waals surface area contributed by atoms with Crippen molar-refractivity contribution in [2.45, 2.75) is 25.4 Å². The van der Waals surface area contributed by atoms with Crippen molar-refractivity contribution in [3.05, 3.63) is 84.1 Å². The number of nitrogen functional groups attached to an aromatic ring is 1. The topological polar surface area (TPSA) is 134 Å². The van der Waals surface area contributed by atoms with Crippen LogP contribution in [0.1, 0.15) is 29.9 Å². The molecule has 1 aliphatic rings. The van der Waals surface area contributed by atoms with E-state index in [0.29, 0.717) is 34.8 Å². The molecule has 0 saturated carbocycles. The highest BCUT2D eigenvalue weighted by molar-refractivity contribution is 5.83. The Morgan fingerprint density at radius 2 is 1.80 bits per heavy atom. The van der Waals surface area contributed by atoms with Gasteiger partial charge in [0.05, 0.1) is 5.56 Å². The first kappa shape index (κ1) is 25.0. The zero-order valence-corrected chi connectivity index (χ0v) is 21.7. The minimum absolute atomic E-state index is 0.179. The van der Waals surface area contributed by atoms with Crippen LogP contribution in [0, 0.1) is 23.7 Å². The van der Waals surface area contributed by atoms with Crippen LogP contribution in [0.4, 0.5) is 11.6 Å². The van der Waals surface area contributed by atoms with E-state index in [-0.39, 0.29) is 5.82 Å². The third kappa shape index (κ3) is 5.04. The summed E-state index contributed by atoms with van der Waals surface area (Å²) in [7, 11) is 0. The summed E-state index contributed by atoms with van der Waals surface area (Å²) in [6, 6.07) is 19.9. The predicted molar refractivity (Wildman–Crippen MR) is 153 cm³/mol. The van der Waals surface area contributed by atoms with Crippen molar-refractivity contribution in [2.24, 2.45) is 0 Å². The molecular weight excluding hydrogens is 500 g/mol. The zero-order chi connectivity index (χ0) is 27.5. The van der Waals surface area contributed by atoms with Crippen LogP contribution in [0.2, 0.25) is 0 Å². The largest absolute Gasteiger partial charge is 0.383 e. The molecule has 3 N–H and O–H groups in total. The lowest BCUT2D eigenvalue weighted by atomic mass is 10.0. The molecule has 5 aromatic rings. The number of nitrogens with one attached hydrogen (secondary N) is 1. The lowest BCUT2D eigenvalue weighted by molar-refractivity contribution is 0.211. The molecular formula is C30H26N10. The first-order valence-electron chi connectivity index (χ1n) is 13.0. The molecule has 1 fully saturated rings. The molecule has 0 bridgehead atoms. The van der Waals surface area contributed by atoms with Crippen LogP contribution in [0.15, 0.2) is 67.0 Å². The first-order valence-corrected chi connectivity index (χ1v) is 13.0.